The molecule has 0 radical (unpaired) electrons. The van der Waals surface area contributed by atoms with Crippen LogP contribution in [-0.2, 0) is 6.54 Å². The Morgan fingerprint density at radius 3 is 2.65 bits per heavy atom. The minimum atomic E-state index is -2.37. The molecule has 4 nitrogen and oxygen atoms in total. The first-order valence-corrected chi connectivity index (χ1v) is 5.66. The third-order valence-corrected chi connectivity index (χ3v) is 2.24. The molecular weight excluding hydrogens is 226 g/mol. The van der Waals surface area contributed by atoms with Gasteiger partial charge in [0.1, 0.15) is 0 Å². The molecule has 1 aromatic rings. The van der Waals surface area contributed by atoms with Crippen molar-refractivity contribution in [3.05, 3.63) is 17.8 Å². The van der Waals surface area contributed by atoms with E-state index in [1.54, 1.807) is 19.2 Å². The molecule has 96 valence electrons. The fourth-order valence-corrected chi connectivity index (χ4v) is 1.34. The average Bonchev–Trinajstić information content (AvgIpc) is 2.29. The highest BCUT2D eigenvalue weighted by Gasteiger charge is 2.09. The number of halogens is 2. The van der Waals surface area contributed by atoms with Gasteiger partial charge in [0.25, 0.3) is 6.43 Å². The highest BCUT2D eigenvalue weighted by Crippen LogP contribution is 2.09. The summed E-state index contributed by atoms with van der Waals surface area (Å²) in [7, 11) is 1.57. The summed E-state index contributed by atoms with van der Waals surface area (Å²) in [6.07, 6.45) is -1.31. The summed E-state index contributed by atoms with van der Waals surface area (Å²) in [5.74, 6) is 0.463. The van der Waals surface area contributed by atoms with Crippen LogP contribution in [0.1, 0.15) is 19.0 Å². The molecule has 0 saturated carbocycles. The zero-order chi connectivity index (χ0) is 12.7. The lowest BCUT2D eigenvalue weighted by Crippen LogP contribution is -2.25. The number of aromatic nitrogens is 2. The maximum Gasteiger partial charge on any atom is 0.255 e. The summed E-state index contributed by atoms with van der Waals surface area (Å²) in [6.45, 7) is 3.33. The topological polar surface area (TPSA) is 41.0 Å². The Morgan fingerprint density at radius 2 is 2.12 bits per heavy atom. The van der Waals surface area contributed by atoms with E-state index in [9.17, 15) is 8.78 Å². The summed E-state index contributed by atoms with van der Waals surface area (Å²) in [4.78, 5) is 1.39. The fourth-order valence-electron chi connectivity index (χ4n) is 1.34. The molecule has 0 bridgehead atoms. The number of alkyl halides is 2. The van der Waals surface area contributed by atoms with Gasteiger partial charge in [-0.15, -0.1) is 5.10 Å². The van der Waals surface area contributed by atoms with Gasteiger partial charge >= 0.3 is 0 Å². The van der Waals surface area contributed by atoms with Crippen LogP contribution in [0.3, 0.4) is 0 Å². The van der Waals surface area contributed by atoms with Gasteiger partial charge in [-0.25, -0.2) is 8.78 Å². The molecule has 0 aliphatic heterocycles. The maximum absolute atomic E-state index is 12.2. The molecule has 0 atom stereocenters. The Morgan fingerprint density at radius 1 is 1.35 bits per heavy atom. The van der Waals surface area contributed by atoms with Crippen molar-refractivity contribution in [3.63, 3.8) is 0 Å². The molecule has 1 rings (SSSR count). The molecule has 0 spiro atoms. The highest BCUT2D eigenvalue weighted by atomic mass is 19.3. The standard InChI is InChI=1S/C11H18F2N4/c1-3-6-14-7-9-4-5-11(16-15-9)17(2)8-10(12)13/h4-5,10,14H,3,6-8H2,1-2H3. The maximum atomic E-state index is 12.2. The van der Waals surface area contributed by atoms with E-state index in [2.05, 4.69) is 22.4 Å². The van der Waals surface area contributed by atoms with E-state index in [0.717, 1.165) is 18.7 Å². The van der Waals surface area contributed by atoms with Crippen molar-refractivity contribution < 1.29 is 8.78 Å². The van der Waals surface area contributed by atoms with Gasteiger partial charge in [0.15, 0.2) is 5.82 Å². The zero-order valence-corrected chi connectivity index (χ0v) is 10.2. The first kappa shape index (κ1) is 13.8. The molecule has 0 unspecified atom stereocenters. The van der Waals surface area contributed by atoms with Crippen molar-refractivity contribution in [1.29, 1.82) is 0 Å². The van der Waals surface area contributed by atoms with Gasteiger partial charge < -0.3 is 10.2 Å². The van der Waals surface area contributed by atoms with Crippen LogP contribution in [0.25, 0.3) is 0 Å². The SMILES string of the molecule is CCCNCc1ccc(N(C)CC(F)F)nn1. The predicted molar refractivity (Wildman–Crippen MR) is 63.3 cm³/mol. The largest absolute Gasteiger partial charge is 0.352 e. The predicted octanol–water partition coefficient (Wildman–Crippen LogP) is 1.68. The lowest BCUT2D eigenvalue weighted by molar-refractivity contribution is 0.156. The second kappa shape index (κ2) is 7.11. The molecule has 1 N–H and O–H groups in total. The van der Waals surface area contributed by atoms with Crippen molar-refractivity contribution in [3.8, 4) is 0 Å². The van der Waals surface area contributed by atoms with E-state index >= 15 is 0 Å². The van der Waals surface area contributed by atoms with Gasteiger partial charge in [-0.05, 0) is 25.1 Å². The van der Waals surface area contributed by atoms with E-state index in [1.165, 1.54) is 4.90 Å². The van der Waals surface area contributed by atoms with Gasteiger partial charge in [-0.2, -0.15) is 5.10 Å². The van der Waals surface area contributed by atoms with E-state index in [1.807, 2.05) is 0 Å². The van der Waals surface area contributed by atoms with Crippen molar-refractivity contribution in [2.45, 2.75) is 26.3 Å². The number of hydrogen-bond donors (Lipinski definition) is 1. The van der Waals surface area contributed by atoms with E-state index in [0.29, 0.717) is 12.4 Å². The van der Waals surface area contributed by atoms with Gasteiger partial charge in [-0.3, -0.25) is 0 Å². The minimum Gasteiger partial charge on any atom is -0.352 e. The monoisotopic (exact) mass is 244 g/mol. The van der Waals surface area contributed by atoms with E-state index < -0.39 is 6.43 Å². The van der Waals surface area contributed by atoms with Gasteiger partial charge in [-0.1, -0.05) is 6.92 Å². The van der Waals surface area contributed by atoms with Crippen molar-refractivity contribution in [2.75, 3.05) is 25.0 Å². The lowest BCUT2D eigenvalue weighted by Gasteiger charge is -2.16. The molecule has 0 amide bonds. The summed E-state index contributed by atoms with van der Waals surface area (Å²) in [6, 6.07) is 3.51. The summed E-state index contributed by atoms with van der Waals surface area (Å²) >= 11 is 0. The quantitative estimate of drug-likeness (QED) is 0.741. The zero-order valence-electron chi connectivity index (χ0n) is 10.2. The average molecular weight is 244 g/mol. The number of nitrogens with zero attached hydrogens (tertiary/aromatic N) is 3. The molecule has 0 saturated heterocycles. The lowest BCUT2D eigenvalue weighted by atomic mass is 10.3. The number of anilines is 1. The molecule has 1 aromatic heterocycles. The van der Waals surface area contributed by atoms with Crippen LogP contribution < -0.4 is 10.2 Å². The molecule has 0 aromatic carbocycles. The second-order valence-corrected chi connectivity index (χ2v) is 3.83. The fraction of sp³-hybridized carbons (Fsp3) is 0.636. The first-order valence-electron chi connectivity index (χ1n) is 5.66. The molecule has 6 heteroatoms. The van der Waals surface area contributed by atoms with E-state index in [4.69, 9.17) is 0 Å². The van der Waals surface area contributed by atoms with E-state index in [-0.39, 0.29) is 6.54 Å². The second-order valence-electron chi connectivity index (χ2n) is 3.83. The molecule has 17 heavy (non-hydrogen) atoms. The van der Waals surface area contributed by atoms with Crippen LogP contribution >= 0.6 is 0 Å². The number of nitrogens with one attached hydrogen (secondary N) is 1. The summed E-state index contributed by atoms with van der Waals surface area (Å²) in [5, 5.41) is 11.1. The van der Waals surface area contributed by atoms with Crippen molar-refractivity contribution in [1.82, 2.24) is 15.5 Å². The third kappa shape index (κ3) is 5.04. The number of rotatable bonds is 7. The molecule has 0 aliphatic rings. The first-order chi connectivity index (χ1) is 8.13. The minimum absolute atomic E-state index is 0.331. The van der Waals surface area contributed by atoms with Crippen LogP contribution in [0.15, 0.2) is 12.1 Å². The van der Waals surface area contributed by atoms with Gasteiger partial charge in [0, 0.05) is 13.6 Å². The Hall–Kier alpha value is -1.30. The van der Waals surface area contributed by atoms with Crippen molar-refractivity contribution >= 4 is 5.82 Å². The molecule has 0 aliphatic carbocycles. The van der Waals surface area contributed by atoms with Gasteiger partial charge in [0.05, 0.1) is 12.2 Å². The van der Waals surface area contributed by atoms with Crippen LogP contribution in [0.2, 0.25) is 0 Å². The van der Waals surface area contributed by atoms with Crippen LogP contribution in [-0.4, -0.2) is 36.8 Å². The molecule has 0 fully saturated rings. The summed E-state index contributed by atoms with van der Waals surface area (Å²) in [5.41, 5.74) is 0.813. The van der Waals surface area contributed by atoms with Crippen molar-refractivity contribution in [2.24, 2.45) is 0 Å². The summed E-state index contributed by atoms with van der Waals surface area (Å²) < 4.78 is 24.3. The molecule has 1 heterocycles. The Labute approximate surface area is 100 Å². The normalized spacial score (nSPS) is 10.9. The van der Waals surface area contributed by atoms with Crippen LogP contribution in [0.5, 0.6) is 0 Å². The van der Waals surface area contributed by atoms with Crippen LogP contribution in [0.4, 0.5) is 14.6 Å². The third-order valence-electron chi connectivity index (χ3n) is 2.24. The van der Waals surface area contributed by atoms with Crippen LogP contribution in [0, 0.1) is 0 Å². The Kier molecular flexibility index (Phi) is 5.76. The highest BCUT2D eigenvalue weighted by molar-refractivity contribution is 5.36. The Bertz CT molecular complexity index is 316. The number of hydrogen-bond acceptors (Lipinski definition) is 4. The Balaban J connectivity index is 2.49. The van der Waals surface area contributed by atoms with Gasteiger partial charge in [0.2, 0.25) is 0 Å². The molecular formula is C11H18F2N4. The smallest absolute Gasteiger partial charge is 0.255 e.